The van der Waals surface area contributed by atoms with E-state index in [1.165, 1.54) is 0 Å². The van der Waals surface area contributed by atoms with Gasteiger partial charge in [0.25, 0.3) is 5.91 Å². The number of rotatable bonds is 6. The van der Waals surface area contributed by atoms with E-state index in [4.69, 9.17) is 9.26 Å². The van der Waals surface area contributed by atoms with Gasteiger partial charge < -0.3 is 14.6 Å². The Morgan fingerprint density at radius 3 is 2.77 bits per heavy atom. The maximum absolute atomic E-state index is 13.7. The van der Waals surface area contributed by atoms with Crippen LogP contribution in [0.2, 0.25) is 0 Å². The summed E-state index contributed by atoms with van der Waals surface area (Å²) < 4.78 is 49.6. The van der Waals surface area contributed by atoms with Crippen LogP contribution >= 0.6 is 0 Å². The van der Waals surface area contributed by atoms with Gasteiger partial charge in [-0.15, -0.1) is 0 Å². The second-order valence-electron chi connectivity index (χ2n) is 10.1. The Bertz CT molecular complexity index is 1680. The molecule has 4 aromatic rings. The third-order valence-corrected chi connectivity index (χ3v) is 7.56. The van der Waals surface area contributed by atoms with Crippen LogP contribution in [0.3, 0.4) is 0 Å². The van der Waals surface area contributed by atoms with Crippen LogP contribution in [0.1, 0.15) is 48.2 Å². The zero-order chi connectivity index (χ0) is 27.4. The number of fused-ring (bicyclic) bond motifs is 3. The summed E-state index contributed by atoms with van der Waals surface area (Å²) in [5, 5.41) is 7.97. The van der Waals surface area contributed by atoms with Gasteiger partial charge in [0.1, 0.15) is 5.75 Å². The normalized spacial score (nSPS) is 19.1. The van der Waals surface area contributed by atoms with Crippen LogP contribution in [-0.4, -0.2) is 33.4 Å². The molecule has 1 aliphatic heterocycles. The molecule has 0 fully saturated rings. The van der Waals surface area contributed by atoms with Gasteiger partial charge >= 0.3 is 11.9 Å². The van der Waals surface area contributed by atoms with E-state index in [1.807, 2.05) is 54.2 Å². The Morgan fingerprint density at radius 1 is 1.15 bits per heavy atom. The number of aromatic nitrogens is 3. The molecule has 11 heteroatoms. The molecule has 0 bridgehead atoms. The number of benzene rings is 2. The zero-order valence-corrected chi connectivity index (χ0v) is 21.0. The fraction of sp³-hybridized carbons (Fsp3) is 0.321. The van der Waals surface area contributed by atoms with Crippen molar-refractivity contribution in [1.82, 2.24) is 20.0 Å². The van der Waals surface area contributed by atoms with Crippen molar-refractivity contribution >= 4 is 28.0 Å². The Hall–Kier alpha value is -4.28. The Morgan fingerprint density at radius 2 is 2.00 bits per heavy atom. The predicted octanol–water partition coefficient (Wildman–Crippen LogP) is 4.85. The van der Waals surface area contributed by atoms with E-state index < -0.39 is 23.9 Å². The van der Waals surface area contributed by atoms with Crippen molar-refractivity contribution in [1.29, 1.82) is 0 Å². The van der Waals surface area contributed by atoms with Crippen molar-refractivity contribution in [2.45, 2.75) is 43.8 Å². The average molecular weight is 539 g/mol. The summed E-state index contributed by atoms with van der Waals surface area (Å²) in [6.07, 6.45) is -1.52. The van der Waals surface area contributed by atoms with Crippen LogP contribution in [0, 0.1) is 0 Å². The quantitative estimate of drug-likeness (QED) is 0.342. The molecule has 2 aliphatic rings. The van der Waals surface area contributed by atoms with Gasteiger partial charge in [-0.25, -0.2) is 4.79 Å². The molecule has 2 aromatic heterocycles. The minimum absolute atomic E-state index is 0.0334. The molecule has 0 unspecified atom stereocenters. The number of aryl methyl sites for hydroxylation is 2. The minimum Gasteiger partial charge on any atom is -0.494 e. The molecular formula is C28H25F3N4O4. The summed E-state index contributed by atoms with van der Waals surface area (Å²) in [4.78, 5) is 27.9. The summed E-state index contributed by atoms with van der Waals surface area (Å²) in [6, 6.07) is 13.4. The molecule has 1 spiro atoms. The van der Waals surface area contributed by atoms with E-state index >= 15 is 0 Å². The fourth-order valence-corrected chi connectivity index (χ4v) is 5.75. The summed E-state index contributed by atoms with van der Waals surface area (Å²) in [6.45, 7) is -0.0334. The number of hydrogen-bond donors (Lipinski definition) is 2. The van der Waals surface area contributed by atoms with E-state index in [0.29, 0.717) is 25.0 Å². The number of ether oxygens (including phenoxy) is 1. The van der Waals surface area contributed by atoms with Crippen molar-refractivity contribution < 1.29 is 27.2 Å². The second-order valence-corrected chi connectivity index (χ2v) is 10.1. The number of carbonyl (C=O) groups is 1. The van der Waals surface area contributed by atoms with Gasteiger partial charge in [0.05, 0.1) is 17.7 Å². The lowest BCUT2D eigenvalue weighted by Gasteiger charge is -2.37. The second kappa shape index (κ2) is 9.18. The standard InChI is InChI=1S/C28H25F3N4O4/c1-35-11-8-18-13-16(3-6-22(18)35)20-15-27(33-25(36)23(20)24-32-26(37)39-34-24)10-7-17-14-19(4-5-21(17)27)38-12-2-9-28(29,30)31/h3-6,8,11,13-14H,2,7,9-10,12,15H2,1H3,(H,33,36)(H,32,34,37)/t27-/m0/s1. The topological polar surface area (TPSA) is 102 Å². The molecule has 2 aromatic carbocycles. The summed E-state index contributed by atoms with van der Waals surface area (Å²) in [5.74, 6) is -0.565. The molecule has 6 rings (SSSR count). The van der Waals surface area contributed by atoms with Gasteiger partial charge in [-0.1, -0.05) is 17.3 Å². The molecule has 3 heterocycles. The molecule has 0 saturated carbocycles. The molecule has 0 saturated heterocycles. The molecule has 202 valence electrons. The molecule has 2 N–H and O–H groups in total. The van der Waals surface area contributed by atoms with Gasteiger partial charge in [-0.2, -0.15) is 13.2 Å². The largest absolute Gasteiger partial charge is 0.494 e. The molecule has 0 radical (unpaired) electrons. The monoisotopic (exact) mass is 538 g/mol. The van der Waals surface area contributed by atoms with Crippen LogP contribution in [0.4, 0.5) is 13.2 Å². The lowest BCUT2D eigenvalue weighted by molar-refractivity contribution is -0.136. The van der Waals surface area contributed by atoms with Crippen molar-refractivity contribution in [2.24, 2.45) is 7.05 Å². The molecule has 1 aliphatic carbocycles. The Labute approximate surface area is 220 Å². The Kier molecular flexibility index (Phi) is 5.89. The highest BCUT2D eigenvalue weighted by atomic mass is 19.4. The fourth-order valence-electron chi connectivity index (χ4n) is 5.75. The van der Waals surface area contributed by atoms with E-state index in [-0.39, 0.29) is 30.3 Å². The number of alkyl halides is 3. The first-order valence-electron chi connectivity index (χ1n) is 12.6. The van der Waals surface area contributed by atoms with Crippen LogP contribution < -0.4 is 15.8 Å². The van der Waals surface area contributed by atoms with Gasteiger partial charge in [0, 0.05) is 37.0 Å². The van der Waals surface area contributed by atoms with E-state index in [9.17, 15) is 22.8 Å². The van der Waals surface area contributed by atoms with Gasteiger partial charge in [-0.05, 0) is 71.9 Å². The Balaban J connectivity index is 1.36. The van der Waals surface area contributed by atoms with Gasteiger partial charge in [-0.3, -0.25) is 14.3 Å². The highest BCUT2D eigenvalue weighted by Gasteiger charge is 2.46. The first-order valence-corrected chi connectivity index (χ1v) is 12.6. The van der Waals surface area contributed by atoms with E-state index in [0.717, 1.165) is 33.2 Å². The van der Waals surface area contributed by atoms with E-state index in [2.05, 4.69) is 15.5 Å². The van der Waals surface area contributed by atoms with Gasteiger partial charge in [0.15, 0.2) is 5.82 Å². The highest BCUT2D eigenvalue weighted by Crippen LogP contribution is 2.48. The van der Waals surface area contributed by atoms with Crippen LogP contribution in [-0.2, 0) is 23.8 Å². The van der Waals surface area contributed by atoms with Crippen molar-refractivity contribution in [2.75, 3.05) is 6.61 Å². The average Bonchev–Trinajstić information content (AvgIpc) is 3.58. The third kappa shape index (κ3) is 4.62. The summed E-state index contributed by atoms with van der Waals surface area (Å²) in [5.41, 5.74) is 4.06. The van der Waals surface area contributed by atoms with Crippen molar-refractivity contribution in [3.05, 3.63) is 81.7 Å². The maximum Gasteiger partial charge on any atom is 0.439 e. The number of carbonyl (C=O) groups excluding carboxylic acids is 1. The number of nitrogens with zero attached hydrogens (tertiary/aromatic N) is 2. The number of H-pyrrole nitrogens is 1. The first kappa shape index (κ1) is 25.0. The van der Waals surface area contributed by atoms with Gasteiger partial charge in [0.2, 0.25) is 0 Å². The zero-order valence-electron chi connectivity index (χ0n) is 21.0. The van der Waals surface area contributed by atoms with Crippen LogP contribution in [0.25, 0.3) is 22.0 Å². The predicted molar refractivity (Wildman–Crippen MR) is 137 cm³/mol. The molecule has 39 heavy (non-hydrogen) atoms. The number of halogens is 3. The maximum atomic E-state index is 13.7. The molecular weight excluding hydrogens is 513 g/mol. The summed E-state index contributed by atoms with van der Waals surface area (Å²) >= 11 is 0. The first-order chi connectivity index (χ1) is 18.6. The molecule has 1 atom stereocenters. The highest BCUT2D eigenvalue weighted by molar-refractivity contribution is 6.27. The van der Waals surface area contributed by atoms with Crippen LogP contribution in [0.15, 0.2) is 58.0 Å². The number of hydrogen-bond acceptors (Lipinski definition) is 5. The molecule has 1 amide bonds. The minimum atomic E-state index is -4.21. The third-order valence-electron chi connectivity index (χ3n) is 7.56. The lowest BCUT2D eigenvalue weighted by atomic mass is 9.77. The van der Waals surface area contributed by atoms with Crippen molar-refractivity contribution in [3.63, 3.8) is 0 Å². The number of nitrogens with one attached hydrogen (secondary N) is 2. The smallest absolute Gasteiger partial charge is 0.439 e. The number of amides is 1. The van der Waals surface area contributed by atoms with Crippen LogP contribution in [0.5, 0.6) is 5.75 Å². The summed E-state index contributed by atoms with van der Waals surface area (Å²) in [7, 11) is 1.96. The lowest BCUT2D eigenvalue weighted by Crippen LogP contribution is -2.48. The van der Waals surface area contributed by atoms with E-state index in [1.54, 1.807) is 6.07 Å². The number of aromatic amines is 1. The SMILES string of the molecule is Cn1ccc2cc(C3=C(c4noc(=O)[nH]4)C(=O)N[C@@]4(CCc5cc(OCCCC(F)(F)F)ccc54)C3)ccc21. The van der Waals surface area contributed by atoms with Crippen molar-refractivity contribution in [3.8, 4) is 5.75 Å². The molecule has 8 nitrogen and oxygen atoms in total.